The molecular formula is C15H23N3O2. The van der Waals surface area contributed by atoms with Gasteiger partial charge in [0, 0.05) is 18.2 Å². The molecule has 110 valence electrons. The summed E-state index contributed by atoms with van der Waals surface area (Å²) >= 11 is 0. The first-order valence-electron chi connectivity index (χ1n) is 7.43. The van der Waals surface area contributed by atoms with E-state index in [2.05, 4.69) is 10.2 Å². The molecule has 5 heteroatoms. The number of benzene rings is 1. The van der Waals surface area contributed by atoms with Gasteiger partial charge in [0.2, 0.25) is 0 Å². The van der Waals surface area contributed by atoms with Crippen LogP contribution in [0.4, 0.5) is 5.69 Å². The van der Waals surface area contributed by atoms with Crippen LogP contribution in [0.15, 0.2) is 24.3 Å². The largest absolute Gasteiger partial charge is 0.317 e. The van der Waals surface area contributed by atoms with Crippen LogP contribution in [0, 0.1) is 10.1 Å². The molecule has 3 rings (SSSR count). The number of nitro groups is 1. The monoisotopic (exact) mass is 277 g/mol. The minimum Gasteiger partial charge on any atom is -0.317 e. The van der Waals surface area contributed by atoms with Gasteiger partial charge in [0.15, 0.2) is 0 Å². The van der Waals surface area contributed by atoms with E-state index in [-0.39, 0.29) is 10.6 Å². The lowest BCUT2D eigenvalue weighted by Gasteiger charge is -2.14. The molecule has 0 atom stereocenters. The summed E-state index contributed by atoms with van der Waals surface area (Å²) in [6.07, 6.45) is 5.20. The zero-order valence-corrected chi connectivity index (χ0v) is 11.9. The molecule has 20 heavy (non-hydrogen) atoms. The predicted octanol–water partition coefficient (Wildman–Crippen LogP) is 2.56. The van der Waals surface area contributed by atoms with Gasteiger partial charge in [-0.3, -0.25) is 15.0 Å². The SMILES string of the molecule is C1CCNC1.O=[N+]([O-])c1ccccc1CN1CCCC1. The summed E-state index contributed by atoms with van der Waals surface area (Å²) in [6.45, 7) is 5.33. The van der Waals surface area contributed by atoms with Gasteiger partial charge in [-0.25, -0.2) is 0 Å². The highest BCUT2D eigenvalue weighted by atomic mass is 16.6. The van der Waals surface area contributed by atoms with Gasteiger partial charge < -0.3 is 5.32 Å². The number of nitro benzene ring substituents is 1. The van der Waals surface area contributed by atoms with E-state index in [0.717, 1.165) is 18.7 Å². The van der Waals surface area contributed by atoms with Crippen molar-refractivity contribution in [3.05, 3.63) is 39.9 Å². The Kier molecular flexibility index (Phi) is 5.95. The first kappa shape index (κ1) is 14.9. The van der Waals surface area contributed by atoms with Crippen molar-refractivity contribution in [1.29, 1.82) is 0 Å². The van der Waals surface area contributed by atoms with Crippen LogP contribution in [0.1, 0.15) is 31.2 Å². The fourth-order valence-electron chi connectivity index (χ4n) is 2.63. The highest BCUT2D eigenvalue weighted by Crippen LogP contribution is 2.21. The second kappa shape index (κ2) is 7.97. The van der Waals surface area contributed by atoms with E-state index >= 15 is 0 Å². The van der Waals surface area contributed by atoms with E-state index in [0.29, 0.717) is 6.54 Å². The minimum atomic E-state index is -0.300. The third-order valence-corrected chi connectivity index (χ3v) is 3.74. The summed E-state index contributed by atoms with van der Waals surface area (Å²) in [5.41, 5.74) is 1.06. The lowest BCUT2D eigenvalue weighted by Crippen LogP contribution is -2.18. The lowest BCUT2D eigenvalue weighted by atomic mass is 10.1. The number of rotatable bonds is 3. The fraction of sp³-hybridized carbons (Fsp3) is 0.600. The minimum absolute atomic E-state index is 0.240. The van der Waals surface area contributed by atoms with Crippen LogP contribution in [0.25, 0.3) is 0 Å². The average molecular weight is 277 g/mol. The normalized spacial score (nSPS) is 18.6. The molecule has 0 saturated carbocycles. The van der Waals surface area contributed by atoms with E-state index < -0.39 is 0 Å². The van der Waals surface area contributed by atoms with Gasteiger partial charge in [-0.1, -0.05) is 18.2 Å². The van der Waals surface area contributed by atoms with Crippen LogP contribution in [-0.4, -0.2) is 36.0 Å². The van der Waals surface area contributed by atoms with Crippen molar-refractivity contribution in [2.24, 2.45) is 0 Å². The molecule has 1 aromatic rings. The molecule has 0 aliphatic carbocycles. The summed E-state index contributed by atoms with van der Waals surface area (Å²) in [5.74, 6) is 0. The van der Waals surface area contributed by atoms with Crippen LogP contribution in [0.3, 0.4) is 0 Å². The van der Waals surface area contributed by atoms with Crippen LogP contribution in [0.2, 0.25) is 0 Å². The Morgan fingerprint density at radius 1 is 1.10 bits per heavy atom. The van der Waals surface area contributed by atoms with E-state index in [1.807, 2.05) is 12.1 Å². The maximum atomic E-state index is 10.8. The van der Waals surface area contributed by atoms with Crippen molar-refractivity contribution < 1.29 is 4.92 Å². The first-order valence-corrected chi connectivity index (χ1v) is 7.43. The Morgan fingerprint density at radius 2 is 1.75 bits per heavy atom. The van der Waals surface area contributed by atoms with Gasteiger partial charge in [-0.05, 0) is 51.9 Å². The Morgan fingerprint density at radius 3 is 2.30 bits per heavy atom. The Labute approximate surface area is 120 Å². The molecule has 2 heterocycles. The summed E-state index contributed by atoms with van der Waals surface area (Å²) in [6, 6.07) is 6.99. The van der Waals surface area contributed by atoms with E-state index in [4.69, 9.17) is 0 Å². The van der Waals surface area contributed by atoms with Crippen molar-refractivity contribution in [3.63, 3.8) is 0 Å². The number of nitrogens with zero attached hydrogens (tertiary/aromatic N) is 2. The summed E-state index contributed by atoms with van der Waals surface area (Å²) in [4.78, 5) is 12.7. The smallest absolute Gasteiger partial charge is 0.273 e. The highest BCUT2D eigenvalue weighted by Gasteiger charge is 2.17. The van der Waals surface area contributed by atoms with Crippen LogP contribution < -0.4 is 5.32 Å². The number of nitrogens with one attached hydrogen (secondary N) is 1. The maximum Gasteiger partial charge on any atom is 0.273 e. The number of hydrogen-bond acceptors (Lipinski definition) is 4. The molecule has 0 unspecified atom stereocenters. The van der Waals surface area contributed by atoms with Gasteiger partial charge in [0.25, 0.3) is 5.69 Å². The third kappa shape index (κ3) is 4.58. The quantitative estimate of drug-likeness (QED) is 0.681. The third-order valence-electron chi connectivity index (χ3n) is 3.74. The molecule has 0 radical (unpaired) electrons. The molecule has 0 spiro atoms. The number of para-hydroxylation sites is 1. The van der Waals surface area contributed by atoms with E-state index in [1.54, 1.807) is 12.1 Å². The van der Waals surface area contributed by atoms with E-state index in [9.17, 15) is 10.1 Å². The Bertz CT molecular complexity index is 419. The topological polar surface area (TPSA) is 58.4 Å². The first-order chi connectivity index (χ1) is 9.77. The molecular weight excluding hydrogens is 254 g/mol. The van der Waals surface area contributed by atoms with Gasteiger partial charge in [0.05, 0.1) is 4.92 Å². The predicted molar refractivity (Wildman–Crippen MR) is 79.7 cm³/mol. The van der Waals surface area contributed by atoms with Crippen LogP contribution in [-0.2, 0) is 6.54 Å². The van der Waals surface area contributed by atoms with Crippen LogP contribution in [0.5, 0.6) is 0 Å². The van der Waals surface area contributed by atoms with Gasteiger partial charge >= 0.3 is 0 Å². The summed E-state index contributed by atoms with van der Waals surface area (Å²) in [5, 5.41) is 14.0. The molecule has 2 aliphatic rings. The molecule has 1 aromatic carbocycles. The van der Waals surface area contributed by atoms with Gasteiger partial charge in [0.1, 0.15) is 0 Å². The Hall–Kier alpha value is -1.46. The summed E-state index contributed by atoms with van der Waals surface area (Å²) < 4.78 is 0. The molecule has 1 N–H and O–H groups in total. The zero-order chi connectivity index (χ0) is 14.2. The van der Waals surface area contributed by atoms with Crippen molar-refractivity contribution >= 4 is 5.69 Å². The van der Waals surface area contributed by atoms with Crippen LogP contribution >= 0.6 is 0 Å². The highest BCUT2D eigenvalue weighted by molar-refractivity contribution is 5.39. The zero-order valence-electron chi connectivity index (χ0n) is 11.9. The number of likely N-dealkylation sites (tertiary alicyclic amines) is 1. The Balaban J connectivity index is 0.000000247. The van der Waals surface area contributed by atoms with Gasteiger partial charge in [-0.2, -0.15) is 0 Å². The van der Waals surface area contributed by atoms with Crippen molar-refractivity contribution in [2.75, 3.05) is 26.2 Å². The molecule has 0 aromatic heterocycles. The fourth-order valence-corrected chi connectivity index (χ4v) is 2.63. The van der Waals surface area contributed by atoms with Crippen molar-refractivity contribution in [1.82, 2.24) is 10.2 Å². The second-order valence-corrected chi connectivity index (χ2v) is 5.33. The molecule has 0 amide bonds. The average Bonchev–Trinajstić information content (AvgIpc) is 3.15. The standard InChI is InChI=1S/C11H14N2O2.C4H9N/c14-13(15)11-6-2-1-5-10(11)9-12-7-3-4-8-12;1-2-4-5-3-1/h1-2,5-6H,3-4,7-9H2;5H,1-4H2. The van der Waals surface area contributed by atoms with Gasteiger partial charge in [-0.15, -0.1) is 0 Å². The molecule has 5 nitrogen and oxygen atoms in total. The molecule has 0 bridgehead atoms. The van der Waals surface area contributed by atoms with Crippen molar-refractivity contribution in [2.45, 2.75) is 32.2 Å². The van der Waals surface area contributed by atoms with Crippen molar-refractivity contribution in [3.8, 4) is 0 Å². The maximum absolute atomic E-state index is 10.8. The summed E-state index contributed by atoms with van der Waals surface area (Å²) in [7, 11) is 0. The molecule has 2 saturated heterocycles. The van der Waals surface area contributed by atoms with E-state index in [1.165, 1.54) is 38.8 Å². The second-order valence-electron chi connectivity index (χ2n) is 5.33. The number of hydrogen-bond donors (Lipinski definition) is 1. The molecule has 2 aliphatic heterocycles. The lowest BCUT2D eigenvalue weighted by molar-refractivity contribution is -0.385. The molecule has 2 fully saturated rings.